The number of carboxylic acids is 1. The largest absolute Gasteiger partial charge is 0.480 e. The summed E-state index contributed by atoms with van der Waals surface area (Å²) >= 11 is 0. The van der Waals surface area contributed by atoms with Crippen molar-refractivity contribution in [1.29, 1.82) is 0 Å². The first-order valence-corrected chi connectivity index (χ1v) is 6.48. The van der Waals surface area contributed by atoms with E-state index in [1.165, 1.54) is 12.1 Å². The van der Waals surface area contributed by atoms with Gasteiger partial charge in [0.05, 0.1) is 15.9 Å². The average Bonchev–Trinajstić information content (AvgIpc) is 2.46. The second kappa shape index (κ2) is 11.1. The summed E-state index contributed by atoms with van der Waals surface area (Å²) in [5.41, 5.74) is 4.79. The van der Waals surface area contributed by atoms with Gasteiger partial charge in [-0.3, -0.25) is 25.0 Å². The summed E-state index contributed by atoms with van der Waals surface area (Å²) in [6, 6.07) is 2.42. The standard InChI is InChI=1S/C12H16N4O6.ClH.H2O/c13-9(12(17)18)3-1-2-6-14-10-5-4-8(15(19)20)7-11(10)16(21)22;;/h4-5,7,9,14H,1-3,6,13H2,(H,17,18);1H;1H2/t9-;;/m0../s1. The fourth-order valence-electron chi connectivity index (χ4n) is 1.77. The fourth-order valence-corrected chi connectivity index (χ4v) is 1.77. The van der Waals surface area contributed by atoms with Crippen molar-refractivity contribution in [3.63, 3.8) is 0 Å². The summed E-state index contributed by atoms with van der Waals surface area (Å²) < 4.78 is 0. The Hall–Kier alpha value is -2.50. The third kappa shape index (κ3) is 7.17. The number of non-ortho nitro benzene ring substituents is 1. The smallest absolute Gasteiger partial charge is 0.320 e. The lowest BCUT2D eigenvalue weighted by molar-refractivity contribution is -0.393. The highest BCUT2D eigenvalue weighted by Gasteiger charge is 2.19. The molecule has 1 aromatic carbocycles. The van der Waals surface area contributed by atoms with E-state index in [0.29, 0.717) is 25.8 Å². The minimum atomic E-state index is -1.07. The molecule has 1 aromatic rings. The molecule has 0 aliphatic heterocycles. The highest BCUT2D eigenvalue weighted by Crippen LogP contribution is 2.28. The molecular formula is C12H19ClN4O7. The third-order valence-corrected chi connectivity index (χ3v) is 2.96. The highest BCUT2D eigenvalue weighted by atomic mass is 35.5. The van der Waals surface area contributed by atoms with E-state index in [2.05, 4.69) is 5.32 Å². The topological polar surface area (TPSA) is 193 Å². The Kier molecular flexibility index (Phi) is 11.0. The van der Waals surface area contributed by atoms with Gasteiger partial charge in [0, 0.05) is 12.6 Å². The van der Waals surface area contributed by atoms with Gasteiger partial charge >= 0.3 is 5.97 Å². The summed E-state index contributed by atoms with van der Waals surface area (Å²) in [5, 5.41) is 32.9. The van der Waals surface area contributed by atoms with E-state index in [1.807, 2.05) is 0 Å². The summed E-state index contributed by atoms with van der Waals surface area (Å²) in [6.07, 6.45) is 1.41. The Morgan fingerprint density at radius 2 is 1.88 bits per heavy atom. The molecule has 0 radical (unpaired) electrons. The van der Waals surface area contributed by atoms with Crippen LogP contribution in [0.3, 0.4) is 0 Å². The van der Waals surface area contributed by atoms with Crippen LogP contribution in [0.25, 0.3) is 0 Å². The first-order chi connectivity index (χ1) is 10.3. The lowest BCUT2D eigenvalue weighted by Crippen LogP contribution is -2.29. The van der Waals surface area contributed by atoms with Gasteiger partial charge in [0.25, 0.3) is 11.4 Å². The zero-order chi connectivity index (χ0) is 16.7. The molecule has 0 aliphatic rings. The van der Waals surface area contributed by atoms with Gasteiger partial charge in [-0.25, -0.2) is 0 Å². The fraction of sp³-hybridized carbons (Fsp3) is 0.417. The summed E-state index contributed by atoms with van der Waals surface area (Å²) in [5.74, 6) is -1.07. The van der Waals surface area contributed by atoms with Crippen LogP contribution in [-0.2, 0) is 4.79 Å². The molecule has 0 spiro atoms. The molecule has 1 atom stereocenters. The van der Waals surface area contributed by atoms with Crippen LogP contribution in [-0.4, -0.2) is 39.0 Å². The van der Waals surface area contributed by atoms with Crippen LogP contribution >= 0.6 is 12.4 Å². The molecule has 0 saturated heterocycles. The van der Waals surface area contributed by atoms with Crippen LogP contribution in [0.5, 0.6) is 0 Å². The molecular weight excluding hydrogens is 348 g/mol. The molecule has 0 fully saturated rings. The predicted octanol–water partition coefficient (Wildman–Crippen LogP) is 1.09. The number of carbonyl (C=O) groups is 1. The molecule has 0 heterocycles. The number of anilines is 1. The first-order valence-electron chi connectivity index (χ1n) is 6.48. The maximum absolute atomic E-state index is 10.9. The lowest BCUT2D eigenvalue weighted by atomic mass is 10.1. The Labute approximate surface area is 142 Å². The van der Waals surface area contributed by atoms with Gasteiger partial charge in [0.15, 0.2) is 0 Å². The maximum Gasteiger partial charge on any atom is 0.320 e. The average molecular weight is 367 g/mol. The predicted molar refractivity (Wildman–Crippen MR) is 88.6 cm³/mol. The van der Waals surface area contributed by atoms with Crippen molar-refractivity contribution in [3.8, 4) is 0 Å². The molecule has 0 amide bonds. The molecule has 6 N–H and O–H groups in total. The quantitative estimate of drug-likeness (QED) is 0.328. The number of rotatable bonds is 9. The second-order valence-corrected chi connectivity index (χ2v) is 4.58. The number of halogens is 1. The number of unbranched alkanes of at least 4 members (excludes halogenated alkanes) is 1. The Balaban J connectivity index is 0. The van der Waals surface area contributed by atoms with Gasteiger partial charge in [0.2, 0.25) is 0 Å². The van der Waals surface area contributed by atoms with Crippen LogP contribution in [0.4, 0.5) is 17.1 Å². The number of hydrogen-bond donors (Lipinski definition) is 3. The monoisotopic (exact) mass is 366 g/mol. The van der Waals surface area contributed by atoms with Crippen molar-refractivity contribution < 1.29 is 25.2 Å². The van der Waals surface area contributed by atoms with Gasteiger partial charge in [-0.1, -0.05) is 0 Å². The van der Waals surface area contributed by atoms with Gasteiger partial charge in [-0.15, -0.1) is 12.4 Å². The number of carboxylic acid groups (broad SMARTS) is 1. The molecule has 0 aliphatic carbocycles. The number of nitrogens with one attached hydrogen (secondary N) is 1. The van der Waals surface area contributed by atoms with Crippen molar-refractivity contribution in [2.75, 3.05) is 11.9 Å². The SMILES string of the molecule is Cl.N[C@@H](CCCCNc1ccc([N+](=O)[O-])cc1[N+](=O)[O-])C(=O)O.O. The van der Waals surface area contributed by atoms with Crippen LogP contribution < -0.4 is 11.1 Å². The number of nitro groups is 2. The zero-order valence-electron chi connectivity index (χ0n) is 12.5. The summed E-state index contributed by atoms with van der Waals surface area (Å²) in [6.45, 7) is 0.366. The van der Waals surface area contributed by atoms with Gasteiger partial charge < -0.3 is 21.6 Å². The molecule has 24 heavy (non-hydrogen) atoms. The number of benzene rings is 1. The van der Waals surface area contributed by atoms with E-state index in [4.69, 9.17) is 10.8 Å². The number of nitrogens with two attached hydrogens (primary N) is 1. The van der Waals surface area contributed by atoms with Crippen molar-refractivity contribution in [2.24, 2.45) is 5.73 Å². The maximum atomic E-state index is 10.9. The molecule has 136 valence electrons. The van der Waals surface area contributed by atoms with Crippen molar-refractivity contribution in [2.45, 2.75) is 25.3 Å². The molecule has 0 unspecified atom stereocenters. The molecule has 11 nitrogen and oxygen atoms in total. The minimum absolute atomic E-state index is 0. The lowest BCUT2D eigenvalue weighted by Gasteiger charge is -2.08. The van der Waals surface area contributed by atoms with E-state index < -0.39 is 21.9 Å². The highest BCUT2D eigenvalue weighted by molar-refractivity contribution is 5.85. The Morgan fingerprint density at radius 1 is 1.25 bits per heavy atom. The molecule has 1 rings (SSSR count). The number of aliphatic carboxylic acids is 1. The third-order valence-electron chi connectivity index (χ3n) is 2.96. The van der Waals surface area contributed by atoms with Gasteiger partial charge in [0.1, 0.15) is 11.7 Å². The van der Waals surface area contributed by atoms with Crippen molar-refractivity contribution >= 4 is 35.4 Å². The molecule has 12 heteroatoms. The van der Waals surface area contributed by atoms with E-state index >= 15 is 0 Å². The Bertz CT molecular complexity index is 585. The van der Waals surface area contributed by atoms with Crippen LogP contribution in [0.1, 0.15) is 19.3 Å². The zero-order valence-corrected chi connectivity index (χ0v) is 13.3. The van der Waals surface area contributed by atoms with Crippen molar-refractivity contribution in [3.05, 3.63) is 38.4 Å². The first kappa shape index (κ1) is 23.8. The van der Waals surface area contributed by atoms with Gasteiger partial charge in [-0.2, -0.15) is 0 Å². The minimum Gasteiger partial charge on any atom is -0.480 e. The second-order valence-electron chi connectivity index (χ2n) is 4.58. The van der Waals surface area contributed by atoms with Crippen molar-refractivity contribution in [1.82, 2.24) is 0 Å². The molecule has 0 aromatic heterocycles. The normalized spacial score (nSPS) is 10.7. The van der Waals surface area contributed by atoms with E-state index in [0.717, 1.165) is 6.07 Å². The molecule has 0 bridgehead atoms. The van der Waals surface area contributed by atoms with Crippen LogP contribution in [0, 0.1) is 20.2 Å². The van der Waals surface area contributed by atoms with Gasteiger partial charge in [-0.05, 0) is 25.3 Å². The van der Waals surface area contributed by atoms with Crippen LogP contribution in [0.15, 0.2) is 18.2 Å². The van der Waals surface area contributed by atoms with E-state index in [-0.39, 0.29) is 34.9 Å². The van der Waals surface area contributed by atoms with E-state index in [9.17, 15) is 25.0 Å². The molecule has 0 saturated carbocycles. The Morgan fingerprint density at radius 3 is 2.38 bits per heavy atom. The summed E-state index contributed by atoms with van der Waals surface area (Å²) in [7, 11) is 0. The summed E-state index contributed by atoms with van der Waals surface area (Å²) in [4.78, 5) is 30.6. The van der Waals surface area contributed by atoms with Crippen LogP contribution in [0.2, 0.25) is 0 Å². The number of nitrogens with zero attached hydrogens (tertiary/aromatic N) is 2. The number of nitro benzene ring substituents is 2. The van der Waals surface area contributed by atoms with E-state index in [1.54, 1.807) is 0 Å². The number of hydrogen-bond acceptors (Lipinski definition) is 7.